The second kappa shape index (κ2) is 6.11. The summed E-state index contributed by atoms with van der Waals surface area (Å²) in [6, 6.07) is 0. The van der Waals surface area contributed by atoms with Gasteiger partial charge in [-0.15, -0.1) is 0 Å². The Morgan fingerprint density at radius 1 is 1.23 bits per heavy atom. The molecular weight excluding hydrogens is 168 g/mol. The number of hydrogen-bond donors (Lipinski definition) is 0. The summed E-state index contributed by atoms with van der Waals surface area (Å²) in [4.78, 5) is 11.5. The molecule has 0 saturated carbocycles. The third-order valence-electron chi connectivity index (χ3n) is 1.74. The van der Waals surface area contributed by atoms with Crippen LogP contribution in [-0.4, -0.2) is 31.7 Å². The Morgan fingerprint density at radius 3 is 2.08 bits per heavy atom. The molecule has 0 aliphatic rings. The van der Waals surface area contributed by atoms with Gasteiger partial charge in [-0.2, -0.15) is 0 Å². The number of carbonyl (C=O) groups is 1. The fourth-order valence-corrected chi connectivity index (χ4v) is 1.11. The summed E-state index contributed by atoms with van der Waals surface area (Å²) >= 11 is 0. The lowest BCUT2D eigenvalue weighted by Crippen LogP contribution is -2.32. The highest BCUT2D eigenvalue weighted by Crippen LogP contribution is 2.07. The van der Waals surface area contributed by atoms with Crippen LogP contribution in [0.15, 0.2) is 0 Å². The van der Waals surface area contributed by atoms with Crippen LogP contribution in [-0.2, 0) is 14.3 Å². The van der Waals surface area contributed by atoms with E-state index in [1.54, 1.807) is 7.11 Å². The summed E-state index contributed by atoms with van der Waals surface area (Å²) in [6.07, 6.45) is -0.243. The number of methoxy groups -OCH3 is 1. The van der Waals surface area contributed by atoms with Crippen LogP contribution in [0.5, 0.6) is 0 Å². The first-order valence-electron chi connectivity index (χ1n) is 4.66. The predicted molar refractivity (Wildman–Crippen MR) is 51.7 cm³/mol. The molecule has 78 valence electrons. The zero-order valence-electron chi connectivity index (χ0n) is 9.16. The van der Waals surface area contributed by atoms with Gasteiger partial charge in [0, 0.05) is 7.11 Å². The Kier molecular flexibility index (Phi) is 5.91. The largest absolute Gasteiger partial charge is 0.373 e. The van der Waals surface area contributed by atoms with Crippen LogP contribution in [0.1, 0.15) is 27.7 Å². The van der Waals surface area contributed by atoms with E-state index in [0.717, 1.165) is 0 Å². The van der Waals surface area contributed by atoms with E-state index in [1.807, 2.05) is 27.7 Å². The molecule has 0 N–H and O–H groups in total. The minimum Gasteiger partial charge on any atom is -0.373 e. The highest BCUT2D eigenvalue weighted by Gasteiger charge is 2.21. The van der Waals surface area contributed by atoms with Crippen molar-refractivity contribution in [2.45, 2.75) is 39.9 Å². The van der Waals surface area contributed by atoms with Gasteiger partial charge in [-0.3, -0.25) is 4.79 Å². The van der Waals surface area contributed by atoms with Gasteiger partial charge in [0.15, 0.2) is 5.78 Å². The first kappa shape index (κ1) is 12.6. The van der Waals surface area contributed by atoms with Gasteiger partial charge in [0.2, 0.25) is 0 Å². The molecule has 0 rings (SSSR count). The Morgan fingerprint density at radius 2 is 1.77 bits per heavy atom. The lowest BCUT2D eigenvalue weighted by molar-refractivity contribution is -0.137. The van der Waals surface area contributed by atoms with Crippen LogP contribution >= 0.6 is 0 Å². The van der Waals surface area contributed by atoms with Crippen LogP contribution in [0.25, 0.3) is 0 Å². The van der Waals surface area contributed by atoms with E-state index in [0.29, 0.717) is 0 Å². The Hall–Kier alpha value is -0.410. The van der Waals surface area contributed by atoms with Gasteiger partial charge in [-0.25, -0.2) is 0 Å². The summed E-state index contributed by atoms with van der Waals surface area (Å²) in [5, 5.41) is 0. The summed E-state index contributed by atoms with van der Waals surface area (Å²) < 4.78 is 10.3. The lowest BCUT2D eigenvalue weighted by atomic mass is 10.0. The van der Waals surface area contributed by atoms with Crippen LogP contribution in [0.4, 0.5) is 0 Å². The minimum atomic E-state index is -0.334. The normalized spacial score (nSPS) is 13.8. The quantitative estimate of drug-likeness (QED) is 0.636. The van der Waals surface area contributed by atoms with Gasteiger partial charge in [0.05, 0.1) is 6.10 Å². The Balaban J connectivity index is 3.92. The minimum absolute atomic E-state index is 0.0196. The molecule has 0 aromatic carbocycles. The number of Topliss-reactive ketones (excluding diaryl/α,β-unsaturated/α-hetero) is 1. The Labute approximate surface area is 80.4 Å². The number of hydrogen-bond acceptors (Lipinski definition) is 3. The van der Waals surface area contributed by atoms with Crippen molar-refractivity contribution < 1.29 is 14.3 Å². The third kappa shape index (κ3) is 5.01. The highest BCUT2D eigenvalue weighted by atomic mass is 16.5. The number of ketones is 1. The van der Waals surface area contributed by atoms with E-state index in [1.165, 1.54) is 0 Å². The molecule has 1 atom stereocenters. The number of carbonyl (C=O) groups excluding carboxylic acids is 1. The van der Waals surface area contributed by atoms with Crippen LogP contribution in [0.2, 0.25) is 0 Å². The highest BCUT2D eigenvalue weighted by molar-refractivity contribution is 5.84. The van der Waals surface area contributed by atoms with Gasteiger partial charge in [-0.05, 0) is 19.8 Å². The van der Waals surface area contributed by atoms with Crippen LogP contribution in [0.3, 0.4) is 0 Å². The van der Waals surface area contributed by atoms with Crippen molar-refractivity contribution in [2.24, 2.45) is 5.92 Å². The van der Waals surface area contributed by atoms with E-state index in [-0.39, 0.29) is 30.5 Å². The standard InChI is InChI=1S/C10H20O3/c1-7(2)10(12-5)9(11)6-13-8(3)4/h7-8,10H,6H2,1-5H3. The van der Waals surface area contributed by atoms with E-state index in [2.05, 4.69) is 0 Å². The predicted octanol–water partition coefficient (Wildman–Crippen LogP) is 1.65. The first-order valence-corrected chi connectivity index (χ1v) is 4.66. The topological polar surface area (TPSA) is 35.5 Å². The second-order valence-electron chi connectivity index (χ2n) is 3.73. The molecule has 13 heavy (non-hydrogen) atoms. The first-order chi connectivity index (χ1) is 5.99. The van der Waals surface area contributed by atoms with Gasteiger partial charge >= 0.3 is 0 Å². The molecule has 0 spiro atoms. The van der Waals surface area contributed by atoms with Crippen molar-refractivity contribution in [3.8, 4) is 0 Å². The zero-order chi connectivity index (χ0) is 10.4. The van der Waals surface area contributed by atoms with E-state index >= 15 is 0 Å². The summed E-state index contributed by atoms with van der Waals surface area (Å²) in [5.74, 6) is 0.222. The van der Waals surface area contributed by atoms with Crippen molar-refractivity contribution in [3.05, 3.63) is 0 Å². The van der Waals surface area contributed by atoms with E-state index in [9.17, 15) is 4.79 Å². The SMILES string of the molecule is COC(C(=O)COC(C)C)C(C)C. The fraction of sp³-hybridized carbons (Fsp3) is 0.900. The molecule has 3 heteroatoms. The average molecular weight is 188 g/mol. The van der Waals surface area contributed by atoms with Crippen LogP contribution in [0, 0.1) is 5.92 Å². The van der Waals surface area contributed by atoms with Crippen molar-refractivity contribution in [2.75, 3.05) is 13.7 Å². The maximum absolute atomic E-state index is 11.5. The second-order valence-corrected chi connectivity index (χ2v) is 3.73. The molecule has 0 aliphatic heterocycles. The smallest absolute Gasteiger partial charge is 0.187 e. The molecule has 0 amide bonds. The fourth-order valence-electron chi connectivity index (χ4n) is 1.11. The van der Waals surface area contributed by atoms with Crippen molar-refractivity contribution >= 4 is 5.78 Å². The van der Waals surface area contributed by atoms with E-state index in [4.69, 9.17) is 9.47 Å². The van der Waals surface area contributed by atoms with Gasteiger partial charge < -0.3 is 9.47 Å². The monoisotopic (exact) mass is 188 g/mol. The average Bonchev–Trinajstić information content (AvgIpc) is 2.01. The summed E-state index contributed by atoms with van der Waals surface area (Å²) in [6.45, 7) is 7.88. The summed E-state index contributed by atoms with van der Waals surface area (Å²) in [5.41, 5.74) is 0. The molecule has 1 unspecified atom stereocenters. The molecular formula is C10H20O3. The maximum atomic E-state index is 11.5. The summed E-state index contributed by atoms with van der Waals surface area (Å²) in [7, 11) is 1.55. The van der Waals surface area contributed by atoms with Gasteiger partial charge in [0.1, 0.15) is 12.7 Å². The van der Waals surface area contributed by atoms with Crippen LogP contribution < -0.4 is 0 Å². The number of ether oxygens (including phenoxy) is 2. The molecule has 0 aliphatic carbocycles. The molecule has 0 saturated heterocycles. The molecule has 0 radical (unpaired) electrons. The molecule has 0 aromatic heterocycles. The van der Waals surface area contributed by atoms with Crippen molar-refractivity contribution in [3.63, 3.8) is 0 Å². The van der Waals surface area contributed by atoms with E-state index < -0.39 is 0 Å². The molecule has 0 bridgehead atoms. The molecule has 3 nitrogen and oxygen atoms in total. The number of rotatable bonds is 6. The van der Waals surface area contributed by atoms with Crippen molar-refractivity contribution in [1.82, 2.24) is 0 Å². The lowest BCUT2D eigenvalue weighted by Gasteiger charge is -2.18. The van der Waals surface area contributed by atoms with Gasteiger partial charge in [-0.1, -0.05) is 13.8 Å². The molecule has 0 aromatic rings. The van der Waals surface area contributed by atoms with Crippen molar-refractivity contribution in [1.29, 1.82) is 0 Å². The van der Waals surface area contributed by atoms with Gasteiger partial charge in [0.25, 0.3) is 0 Å². The molecule has 0 fully saturated rings. The zero-order valence-corrected chi connectivity index (χ0v) is 9.16. The molecule has 0 heterocycles. The maximum Gasteiger partial charge on any atom is 0.187 e. The Bertz CT molecular complexity index is 152. The third-order valence-corrected chi connectivity index (χ3v) is 1.74.